The highest BCUT2D eigenvalue weighted by molar-refractivity contribution is 5.88. The Balaban J connectivity index is 2.88. The molecule has 1 aromatic carbocycles. The van der Waals surface area contributed by atoms with Crippen LogP contribution in [0.1, 0.15) is 25.5 Å². The fraction of sp³-hybridized carbons (Fsp3) is 0.300. The lowest BCUT2D eigenvalue weighted by Gasteiger charge is -2.06. The third-order valence-electron chi connectivity index (χ3n) is 1.85. The van der Waals surface area contributed by atoms with Gasteiger partial charge in [-0.2, -0.15) is 4.91 Å². The van der Waals surface area contributed by atoms with Gasteiger partial charge in [0.05, 0.1) is 0 Å². The van der Waals surface area contributed by atoms with Crippen LogP contribution in [-0.4, -0.2) is 5.91 Å². The standard InChI is InChI=1S/C10H12N2O2/c1-7(12-14)9-4-3-5-10(6-9)11-8(2)13/h3-7H,1-2H3,(H,11,13). The summed E-state index contributed by atoms with van der Waals surface area (Å²) in [6.45, 7) is 3.15. The van der Waals surface area contributed by atoms with Crippen molar-refractivity contribution in [2.24, 2.45) is 5.18 Å². The van der Waals surface area contributed by atoms with Crippen molar-refractivity contribution in [3.8, 4) is 0 Å². The average molecular weight is 192 g/mol. The normalized spacial score (nSPS) is 11.9. The summed E-state index contributed by atoms with van der Waals surface area (Å²) < 4.78 is 0. The van der Waals surface area contributed by atoms with Crippen molar-refractivity contribution in [2.45, 2.75) is 19.9 Å². The molecule has 0 saturated carbocycles. The molecule has 1 amide bonds. The number of nitrogens with zero attached hydrogens (tertiary/aromatic N) is 1. The van der Waals surface area contributed by atoms with E-state index in [0.29, 0.717) is 5.69 Å². The molecule has 1 rings (SSSR count). The maximum absolute atomic E-state index is 10.8. The van der Waals surface area contributed by atoms with Crippen LogP contribution in [0.5, 0.6) is 0 Å². The predicted octanol–water partition coefficient (Wildman–Crippen LogP) is 2.47. The largest absolute Gasteiger partial charge is 0.326 e. The molecule has 0 fully saturated rings. The van der Waals surface area contributed by atoms with Gasteiger partial charge in [0.15, 0.2) is 0 Å². The molecule has 0 radical (unpaired) electrons. The van der Waals surface area contributed by atoms with Crippen LogP contribution in [0.4, 0.5) is 5.69 Å². The van der Waals surface area contributed by atoms with Crippen molar-refractivity contribution in [3.05, 3.63) is 34.7 Å². The first kappa shape index (κ1) is 10.4. The number of carbonyl (C=O) groups is 1. The van der Waals surface area contributed by atoms with E-state index in [0.717, 1.165) is 5.56 Å². The van der Waals surface area contributed by atoms with E-state index in [1.807, 2.05) is 0 Å². The van der Waals surface area contributed by atoms with Gasteiger partial charge in [0.1, 0.15) is 6.04 Å². The molecule has 1 unspecified atom stereocenters. The highest BCUT2D eigenvalue weighted by atomic mass is 16.3. The fourth-order valence-corrected chi connectivity index (χ4v) is 1.14. The number of nitrogens with one attached hydrogen (secondary N) is 1. The third kappa shape index (κ3) is 2.65. The molecule has 14 heavy (non-hydrogen) atoms. The number of amides is 1. The summed E-state index contributed by atoms with van der Waals surface area (Å²) in [5.41, 5.74) is 1.48. The van der Waals surface area contributed by atoms with Gasteiger partial charge in [-0.3, -0.25) is 4.79 Å². The van der Waals surface area contributed by atoms with Crippen LogP contribution in [0.25, 0.3) is 0 Å². The minimum absolute atomic E-state index is 0.131. The van der Waals surface area contributed by atoms with E-state index in [2.05, 4.69) is 10.5 Å². The van der Waals surface area contributed by atoms with Crippen LogP contribution in [0.15, 0.2) is 29.4 Å². The summed E-state index contributed by atoms with van der Waals surface area (Å²) in [6, 6.07) is 6.71. The zero-order valence-corrected chi connectivity index (χ0v) is 8.15. The van der Waals surface area contributed by atoms with E-state index in [1.54, 1.807) is 31.2 Å². The Morgan fingerprint density at radius 3 is 2.79 bits per heavy atom. The maximum atomic E-state index is 10.8. The van der Waals surface area contributed by atoms with Crippen molar-refractivity contribution in [2.75, 3.05) is 5.32 Å². The van der Waals surface area contributed by atoms with Gasteiger partial charge in [0.25, 0.3) is 0 Å². The summed E-state index contributed by atoms with van der Waals surface area (Å²) in [7, 11) is 0. The molecule has 0 spiro atoms. The molecule has 4 nitrogen and oxygen atoms in total. The van der Waals surface area contributed by atoms with Gasteiger partial charge in [-0.25, -0.2) is 0 Å². The van der Waals surface area contributed by atoms with Gasteiger partial charge < -0.3 is 5.32 Å². The Labute approximate surface area is 82.3 Å². The van der Waals surface area contributed by atoms with Gasteiger partial charge in [0, 0.05) is 12.6 Å². The first-order chi connectivity index (χ1) is 6.63. The second-order valence-corrected chi connectivity index (χ2v) is 3.09. The van der Waals surface area contributed by atoms with Crippen molar-refractivity contribution >= 4 is 11.6 Å². The highest BCUT2D eigenvalue weighted by Gasteiger charge is 2.05. The molecule has 0 saturated heterocycles. The summed E-state index contributed by atoms with van der Waals surface area (Å²) >= 11 is 0. The number of hydrogen-bond donors (Lipinski definition) is 1. The summed E-state index contributed by atoms with van der Waals surface area (Å²) in [5, 5.41) is 5.56. The number of benzene rings is 1. The zero-order chi connectivity index (χ0) is 10.6. The lowest BCUT2D eigenvalue weighted by molar-refractivity contribution is -0.114. The molecule has 0 aromatic heterocycles. The van der Waals surface area contributed by atoms with Crippen molar-refractivity contribution < 1.29 is 4.79 Å². The number of hydrogen-bond acceptors (Lipinski definition) is 3. The van der Waals surface area contributed by atoms with Crippen LogP contribution in [0.3, 0.4) is 0 Å². The molecule has 0 heterocycles. The van der Waals surface area contributed by atoms with E-state index in [1.165, 1.54) is 6.92 Å². The van der Waals surface area contributed by atoms with E-state index in [4.69, 9.17) is 0 Å². The second kappa shape index (κ2) is 4.50. The Hall–Kier alpha value is -1.71. The Bertz CT molecular complexity index is 350. The molecule has 1 aromatic rings. The van der Waals surface area contributed by atoms with Gasteiger partial charge >= 0.3 is 0 Å². The maximum Gasteiger partial charge on any atom is 0.221 e. The minimum Gasteiger partial charge on any atom is -0.326 e. The molecule has 0 aliphatic carbocycles. The highest BCUT2D eigenvalue weighted by Crippen LogP contribution is 2.19. The van der Waals surface area contributed by atoms with Gasteiger partial charge in [-0.1, -0.05) is 17.3 Å². The monoisotopic (exact) mass is 192 g/mol. The molecule has 0 aliphatic rings. The molecule has 74 valence electrons. The average Bonchev–Trinajstić information content (AvgIpc) is 2.16. The van der Waals surface area contributed by atoms with Crippen LogP contribution in [-0.2, 0) is 4.79 Å². The van der Waals surface area contributed by atoms with Gasteiger partial charge in [-0.15, -0.1) is 0 Å². The first-order valence-corrected chi connectivity index (χ1v) is 4.33. The van der Waals surface area contributed by atoms with Crippen molar-refractivity contribution in [1.29, 1.82) is 0 Å². The Kier molecular flexibility index (Phi) is 3.34. The van der Waals surface area contributed by atoms with Crippen molar-refractivity contribution in [3.63, 3.8) is 0 Å². The molecule has 1 N–H and O–H groups in total. The molecule has 0 bridgehead atoms. The topological polar surface area (TPSA) is 58.5 Å². The third-order valence-corrected chi connectivity index (χ3v) is 1.85. The van der Waals surface area contributed by atoms with E-state index < -0.39 is 0 Å². The van der Waals surface area contributed by atoms with Gasteiger partial charge in [0.2, 0.25) is 5.91 Å². The molecule has 4 heteroatoms. The number of rotatable bonds is 3. The summed E-state index contributed by atoms with van der Waals surface area (Å²) in [5.74, 6) is -0.131. The van der Waals surface area contributed by atoms with E-state index in [9.17, 15) is 9.70 Å². The molecular formula is C10H12N2O2. The molecule has 1 atom stereocenters. The number of carbonyl (C=O) groups excluding carboxylic acids is 1. The predicted molar refractivity (Wildman–Crippen MR) is 55.0 cm³/mol. The van der Waals surface area contributed by atoms with Crippen LogP contribution >= 0.6 is 0 Å². The Morgan fingerprint density at radius 1 is 1.50 bits per heavy atom. The van der Waals surface area contributed by atoms with Crippen LogP contribution in [0, 0.1) is 4.91 Å². The summed E-state index contributed by atoms with van der Waals surface area (Å²) in [6.07, 6.45) is 0. The fourth-order valence-electron chi connectivity index (χ4n) is 1.14. The summed E-state index contributed by atoms with van der Waals surface area (Å²) in [4.78, 5) is 21.1. The first-order valence-electron chi connectivity index (χ1n) is 4.33. The molecule has 0 aliphatic heterocycles. The Morgan fingerprint density at radius 2 is 2.21 bits per heavy atom. The van der Waals surface area contributed by atoms with Crippen LogP contribution in [0.2, 0.25) is 0 Å². The van der Waals surface area contributed by atoms with Gasteiger partial charge in [-0.05, 0) is 24.6 Å². The minimum atomic E-state index is -0.385. The lowest BCUT2D eigenvalue weighted by atomic mass is 10.1. The number of anilines is 1. The van der Waals surface area contributed by atoms with E-state index in [-0.39, 0.29) is 11.9 Å². The molecular weight excluding hydrogens is 180 g/mol. The zero-order valence-electron chi connectivity index (χ0n) is 8.15. The second-order valence-electron chi connectivity index (χ2n) is 3.09. The van der Waals surface area contributed by atoms with E-state index >= 15 is 0 Å². The lowest BCUT2D eigenvalue weighted by Crippen LogP contribution is -2.06. The van der Waals surface area contributed by atoms with Crippen molar-refractivity contribution in [1.82, 2.24) is 0 Å². The smallest absolute Gasteiger partial charge is 0.221 e. The SMILES string of the molecule is CC(=O)Nc1cccc(C(C)N=O)c1. The number of nitroso groups, excluding NO2 is 1. The van der Waals surface area contributed by atoms with Crippen LogP contribution < -0.4 is 5.32 Å². The quantitative estimate of drug-likeness (QED) is 0.748.